The zero-order valence-corrected chi connectivity index (χ0v) is 21.0. The molecule has 8 heteroatoms. The van der Waals surface area contributed by atoms with Crippen molar-refractivity contribution in [3.63, 3.8) is 0 Å². The standard InChI is InChI=1S/C29H31NO7/c1-34-18-36-9-8-20-13-27(35-2)28(37-17-19-6-4-3-5-7-19)14-24(20)26-12-21-10-22(15-31)23(16-32)11-25(21)29(33)30-26/h3-7,10-14,31-32H,8-9,15-18H2,1-2H3,(H,30,33). The Labute approximate surface area is 215 Å². The fourth-order valence-corrected chi connectivity index (χ4v) is 4.24. The van der Waals surface area contributed by atoms with Crippen molar-refractivity contribution in [2.75, 3.05) is 27.6 Å². The van der Waals surface area contributed by atoms with Gasteiger partial charge >= 0.3 is 0 Å². The van der Waals surface area contributed by atoms with Crippen molar-refractivity contribution >= 4 is 10.8 Å². The number of nitrogens with one attached hydrogen (secondary N) is 1. The molecule has 0 saturated carbocycles. The molecule has 0 spiro atoms. The van der Waals surface area contributed by atoms with Gasteiger partial charge in [-0.05, 0) is 64.4 Å². The molecule has 4 aromatic rings. The summed E-state index contributed by atoms with van der Waals surface area (Å²) in [5, 5.41) is 20.5. The summed E-state index contributed by atoms with van der Waals surface area (Å²) in [4.78, 5) is 16.0. The predicted octanol–water partition coefficient (Wildman–Crippen LogP) is 3.93. The number of H-pyrrole nitrogens is 1. The van der Waals surface area contributed by atoms with E-state index in [2.05, 4.69) is 4.98 Å². The second-order valence-electron chi connectivity index (χ2n) is 8.54. The van der Waals surface area contributed by atoms with Gasteiger partial charge in [0.2, 0.25) is 0 Å². The van der Waals surface area contributed by atoms with Gasteiger partial charge in [-0.3, -0.25) is 4.79 Å². The van der Waals surface area contributed by atoms with Crippen LogP contribution < -0.4 is 15.0 Å². The smallest absolute Gasteiger partial charge is 0.256 e. The molecule has 3 N–H and O–H groups in total. The van der Waals surface area contributed by atoms with E-state index < -0.39 is 0 Å². The van der Waals surface area contributed by atoms with E-state index in [0.29, 0.717) is 58.7 Å². The molecule has 0 unspecified atom stereocenters. The first kappa shape index (κ1) is 26.4. The summed E-state index contributed by atoms with van der Waals surface area (Å²) in [6, 6.07) is 18.8. The lowest BCUT2D eigenvalue weighted by molar-refractivity contribution is -0.0291. The lowest BCUT2D eigenvalue weighted by Crippen LogP contribution is -2.10. The Balaban J connectivity index is 1.80. The van der Waals surface area contributed by atoms with Crippen LogP contribution in [0.1, 0.15) is 22.3 Å². The first-order valence-electron chi connectivity index (χ1n) is 11.9. The van der Waals surface area contributed by atoms with Gasteiger partial charge in [0.25, 0.3) is 5.56 Å². The van der Waals surface area contributed by atoms with Crippen molar-refractivity contribution in [1.29, 1.82) is 0 Å². The zero-order valence-electron chi connectivity index (χ0n) is 21.0. The quantitative estimate of drug-likeness (QED) is 0.198. The van der Waals surface area contributed by atoms with Crippen LogP contribution in [0.4, 0.5) is 0 Å². The van der Waals surface area contributed by atoms with Gasteiger partial charge in [-0.2, -0.15) is 0 Å². The molecule has 4 rings (SSSR count). The third kappa shape index (κ3) is 6.18. The second-order valence-corrected chi connectivity index (χ2v) is 8.54. The van der Waals surface area contributed by atoms with E-state index in [4.69, 9.17) is 18.9 Å². The van der Waals surface area contributed by atoms with Crippen LogP contribution in [0, 0.1) is 0 Å². The minimum absolute atomic E-state index is 0.175. The van der Waals surface area contributed by atoms with Crippen molar-refractivity contribution in [2.45, 2.75) is 26.2 Å². The summed E-state index contributed by atoms with van der Waals surface area (Å²) in [5.74, 6) is 1.11. The molecule has 0 bridgehead atoms. The molecule has 8 nitrogen and oxygen atoms in total. The van der Waals surface area contributed by atoms with Gasteiger partial charge in [0.15, 0.2) is 11.5 Å². The highest BCUT2D eigenvalue weighted by Crippen LogP contribution is 2.37. The van der Waals surface area contributed by atoms with Crippen LogP contribution in [0.2, 0.25) is 0 Å². The Morgan fingerprint density at radius 3 is 2.32 bits per heavy atom. The number of benzene rings is 3. The summed E-state index contributed by atoms with van der Waals surface area (Å²) in [6.07, 6.45) is 0.541. The summed E-state index contributed by atoms with van der Waals surface area (Å²) >= 11 is 0. The number of rotatable bonds is 12. The maximum absolute atomic E-state index is 13.1. The van der Waals surface area contributed by atoms with Gasteiger partial charge in [-0.1, -0.05) is 30.3 Å². The minimum atomic E-state index is -0.296. The van der Waals surface area contributed by atoms with Crippen molar-refractivity contribution in [3.05, 3.63) is 93.3 Å². The summed E-state index contributed by atoms with van der Waals surface area (Å²) in [5.41, 5.74) is 4.05. The van der Waals surface area contributed by atoms with Crippen LogP contribution in [-0.2, 0) is 35.7 Å². The molecule has 0 saturated heterocycles. The number of aromatic amines is 1. The predicted molar refractivity (Wildman–Crippen MR) is 141 cm³/mol. The van der Waals surface area contributed by atoms with Crippen molar-refractivity contribution in [2.24, 2.45) is 0 Å². The van der Waals surface area contributed by atoms with E-state index >= 15 is 0 Å². The lowest BCUT2D eigenvalue weighted by Gasteiger charge is -2.17. The van der Waals surface area contributed by atoms with Crippen LogP contribution in [-0.4, -0.2) is 42.8 Å². The third-order valence-electron chi connectivity index (χ3n) is 6.14. The third-order valence-corrected chi connectivity index (χ3v) is 6.14. The summed E-state index contributed by atoms with van der Waals surface area (Å²) in [7, 11) is 3.15. The van der Waals surface area contributed by atoms with Crippen LogP contribution in [0.25, 0.3) is 22.0 Å². The number of aliphatic hydroxyl groups excluding tert-OH is 2. The normalized spacial score (nSPS) is 11.1. The van der Waals surface area contributed by atoms with Crippen LogP contribution in [0.15, 0.2) is 65.5 Å². The topological polar surface area (TPSA) is 110 Å². The first-order chi connectivity index (χ1) is 18.1. The van der Waals surface area contributed by atoms with Gasteiger partial charge in [0, 0.05) is 23.8 Å². The van der Waals surface area contributed by atoms with E-state index in [1.807, 2.05) is 48.5 Å². The molecular formula is C29H31NO7. The van der Waals surface area contributed by atoms with Gasteiger partial charge in [-0.15, -0.1) is 0 Å². The number of hydrogen-bond acceptors (Lipinski definition) is 7. The number of methoxy groups -OCH3 is 2. The summed E-state index contributed by atoms with van der Waals surface area (Å²) in [6.45, 7) is 0.426. The largest absolute Gasteiger partial charge is 0.493 e. The van der Waals surface area contributed by atoms with Crippen LogP contribution >= 0.6 is 0 Å². The number of aliphatic hydroxyl groups is 2. The van der Waals surface area contributed by atoms with E-state index in [1.165, 1.54) is 0 Å². The van der Waals surface area contributed by atoms with Crippen molar-refractivity contribution in [3.8, 4) is 22.8 Å². The first-order valence-corrected chi connectivity index (χ1v) is 11.9. The lowest BCUT2D eigenvalue weighted by atomic mass is 9.97. The molecule has 194 valence electrons. The molecule has 37 heavy (non-hydrogen) atoms. The van der Waals surface area contributed by atoms with E-state index in [-0.39, 0.29) is 25.6 Å². The number of fused-ring (bicyclic) bond motifs is 1. The number of hydrogen-bond donors (Lipinski definition) is 3. The Hall–Kier alpha value is -3.69. The SMILES string of the molecule is COCOCCc1cc(OC)c(OCc2ccccc2)cc1-c1cc2cc(CO)c(CO)cc2c(=O)[nH]1. The fourth-order valence-electron chi connectivity index (χ4n) is 4.24. The molecule has 0 atom stereocenters. The van der Waals surface area contributed by atoms with Crippen molar-refractivity contribution < 1.29 is 29.2 Å². The second kappa shape index (κ2) is 12.5. The minimum Gasteiger partial charge on any atom is -0.493 e. The van der Waals surface area contributed by atoms with Crippen LogP contribution in [0.3, 0.4) is 0 Å². The Bertz CT molecular complexity index is 1400. The molecular weight excluding hydrogens is 474 g/mol. The van der Waals surface area contributed by atoms with E-state index in [9.17, 15) is 15.0 Å². The highest BCUT2D eigenvalue weighted by Gasteiger charge is 2.16. The molecule has 0 fully saturated rings. The monoisotopic (exact) mass is 505 g/mol. The number of ether oxygens (including phenoxy) is 4. The highest BCUT2D eigenvalue weighted by molar-refractivity contribution is 5.87. The molecule has 3 aromatic carbocycles. The Kier molecular flexibility index (Phi) is 8.92. The van der Waals surface area contributed by atoms with Crippen LogP contribution in [0.5, 0.6) is 11.5 Å². The van der Waals surface area contributed by atoms with E-state index in [1.54, 1.807) is 26.4 Å². The highest BCUT2D eigenvalue weighted by atomic mass is 16.7. The fraction of sp³-hybridized carbons (Fsp3) is 0.276. The zero-order chi connectivity index (χ0) is 26.2. The Morgan fingerprint density at radius 2 is 1.62 bits per heavy atom. The van der Waals surface area contributed by atoms with E-state index in [0.717, 1.165) is 16.7 Å². The van der Waals surface area contributed by atoms with Gasteiger partial charge in [-0.25, -0.2) is 0 Å². The molecule has 0 aliphatic carbocycles. The number of aromatic nitrogens is 1. The molecule has 1 aromatic heterocycles. The summed E-state index contributed by atoms with van der Waals surface area (Å²) < 4.78 is 22.3. The average Bonchev–Trinajstić information content (AvgIpc) is 2.93. The molecule has 0 radical (unpaired) electrons. The average molecular weight is 506 g/mol. The number of pyridine rings is 1. The van der Waals surface area contributed by atoms with Gasteiger partial charge in [0.1, 0.15) is 13.4 Å². The maximum atomic E-state index is 13.1. The maximum Gasteiger partial charge on any atom is 0.256 e. The van der Waals surface area contributed by atoms with Gasteiger partial charge < -0.3 is 34.1 Å². The Morgan fingerprint density at radius 1 is 0.865 bits per heavy atom. The molecule has 1 heterocycles. The molecule has 0 aliphatic rings. The van der Waals surface area contributed by atoms with Crippen molar-refractivity contribution in [1.82, 2.24) is 4.98 Å². The molecule has 0 amide bonds. The molecule has 0 aliphatic heterocycles. The van der Waals surface area contributed by atoms with Gasteiger partial charge in [0.05, 0.1) is 26.9 Å².